The van der Waals surface area contributed by atoms with Crippen molar-refractivity contribution in [1.82, 2.24) is 25.3 Å². The Bertz CT molecular complexity index is 1000. The molecule has 2 N–H and O–H groups in total. The molecule has 1 aromatic carbocycles. The highest BCUT2D eigenvalue weighted by Gasteiger charge is 2.25. The normalized spacial score (nSPS) is 15.9. The lowest BCUT2D eigenvalue weighted by molar-refractivity contribution is 0.215. The molecule has 0 spiro atoms. The van der Waals surface area contributed by atoms with Gasteiger partial charge in [0, 0.05) is 25.8 Å². The van der Waals surface area contributed by atoms with E-state index in [0.717, 1.165) is 48.4 Å². The zero-order valence-corrected chi connectivity index (χ0v) is 18.6. The van der Waals surface area contributed by atoms with Crippen molar-refractivity contribution in [2.45, 2.75) is 39.3 Å². The molecule has 0 saturated carbocycles. The van der Waals surface area contributed by atoms with Gasteiger partial charge in [-0.3, -0.25) is 9.89 Å². The summed E-state index contributed by atoms with van der Waals surface area (Å²) >= 11 is 0. The minimum absolute atomic E-state index is 0.207. The second kappa shape index (κ2) is 9.83. The predicted molar refractivity (Wildman–Crippen MR) is 123 cm³/mol. The Morgan fingerprint density at radius 3 is 2.61 bits per heavy atom. The number of aromatic nitrogens is 2. The van der Waals surface area contributed by atoms with Crippen molar-refractivity contribution in [1.29, 1.82) is 0 Å². The number of likely N-dealkylation sites (tertiary alicyclic amines) is 1. The van der Waals surface area contributed by atoms with Crippen LogP contribution < -0.4 is 10.6 Å². The first-order valence-corrected chi connectivity index (χ1v) is 11.0. The summed E-state index contributed by atoms with van der Waals surface area (Å²) in [6.07, 6.45) is 4.24. The molecule has 1 unspecified atom stereocenters. The molecule has 1 aliphatic heterocycles. The zero-order valence-electron chi connectivity index (χ0n) is 18.6. The quantitative estimate of drug-likeness (QED) is 0.452. The highest BCUT2D eigenvalue weighted by molar-refractivity contribution is 5.79. The first-order valence-electron chi connectivity index (χ1n) is 11.0. The standard InChI is InChI=1S/C24H32N6O/c1-18-15-19(2)30(28-18)21-10-5-4-9-20(21)16-26-24(25-3)27-17-22(23-11-8-14-31-23)29-12-6-7-13-29/h4-5,8-11,14-15,22H,6-7,12-13,16-17H2,1-3H3,(H2,25,26,27). The van der Waals surface area contributed by atoms with E-state index in [1.807, 2.05) is 23.7 Å². The van der Waals surface area contributed by atoms with E-state index in [-0.39, 0.29) is 6.04 Å². The van der Waals surface area contributed by atoms with Crippen LogP contribution in [0.25, 0.3) is 5.69 Å². The van der Waals surface area contributed by atoms with Crippen molar-refractivity contribution in [2.75, 3.05) is 26.7 Å². The van der Waals surface area contributed by atoms with E-state index in [1.165, 1.54) is 18.4 Å². The Hall–Kier alpha value is -3.06. The fourth-order valence-corrected chi connectivity index (χ4v) is 4.28. The van der Waals surface area contributed by atoms with Crippen LogP contribution >= 0.6 is 0 Å². The lowest BCUT2D eigenvalue weighted by Crippen LogP contribution is -2.42. The summed E-state index contributed by atoms with van der Waals surface area (Å²) < 4.78 is 7.73. The maximum atomic E-state index is 5.73. The van der Waals surface area contributed by atoms with Gasteiger partial charge in [0.1, 0.15) is 5.76 Å². The fourth-order valence-electron chi connectivity index (χ4n) is 4.28. The number of aliphatic imine (C=N–C) groups is 1. The van der Waals surface area contributed by atoms with Gasteiger partial charge in [-0.15, -0.1) is 0 Å². The molecule has 3 heterocycles. The molecule has 0 aliphatic carbocycles. The lowest BCUT2D eigenvalue weighted by Gasteiger charge is -2.26. The second-order valence-corrected chi connectivity index (χ2v) is 8.05. The van der Waals surface area contributed by atoms with Gasteiger partial charge in [-0.05, 0) is 69.6 Å². The third-order valence-corrected chi connectivity index (χ3v) is 5.82. The number of aryl methyl sites for hydroxylation is 2. The molecule has 0 bridgehead atoms. The Labute approximate surface area is 184 Å². The highest BCUT2D eigenvalue weighted by atomic mass is 16.3. The van der Waals surface area contributed by atoms with Crippen LogP contribution in [0, 0.1) is 13.8 Å². The average molecular weight is 421 g/mol. The van der Waals surface area contributed by atoms with Crippen LogP contribution in [0.1, 0.15) is 41.6 Å². The summed E-state index contributed by atoms with van der Waals surface area (Å²) in [6.45, 7) is 7.71. The molecule has 1 saturated heterocycles. The number of nitrogens with one attached hydrogen (secondary N) is 2. The summed E-state index contributed by atoms with van der Waals surface area (Å²) in [7, 11) is 1.81. The molecule has 1 fully saturated rings. The van der Waals surface area contributed by atoms with Gasteiger partial charge >= 0.3 is 0 Å². The molecular formula is C24H32N6O. The van der Waals surface area contributed by atoms with Crippen LogP contribution in [0.5, 0.6) is 0 Å². The smallest absolute Gasteiger partial charge is 0.191 e. The van der Waals surface area contributed by atoms with Gasteiger partial charge < -0.3 is 15.1 Å². The Morgan fingerprint density at radius 1 is 1.13 bits per heavy atom. The van der Waals surface area contributed by atoms with Crippen LogP contribution in [0.4, 0.5) is 0 Å². The Kier molecular flexibility index (Phi) is 6.72. The third-order valence-electron chi connectivity index (χ3n) is 5.82. The van der Waals surface area contributed by atoms with Crippen LogP contribution in [-0.4, -0.2) is 47.3 Å². The van der Waals surface area contributed by atoms with Gasteiger partial charge in [0.25, 0.3) is 0 Å². The molecule has 4 rings (SSSR count). The highest BCUT2D eigenvalue weighted by Crippen LogP contribution is 2.25. The minimum Gasteiger partial charge on any atom is -0.468 e. The minimum atomic E-state index is 0.207. The monoisotopic (exact) mass is 420 g/mol. The Morgan fingerprint density at radius 2 is 1.94 bits per heavy atom. The van der Waals surface area contributed by atoms with E-state index >= 15 is 0 Å². The molecular weight excluding hydrogens is 388 g/mol. The molecule has 1 atom stereocenters. The molecule has 1 aliphatic rings. The molecule has 31 heavy (non-hydrogen) atoms. The first kappa shape index (κ1) is 21.2. The predicted octanol–water partition coefficient (Wildman–Crippen LogP) is 3.58. The summed E-state index contributed by atoms with van der Waals surface area (Å²) in [5.41, 5.74) is 4.39. The molecule has 0 amide bonds. The van der Waals surface area contributed by atoms with Crippen LogP contribution in [-0.2, 0) is 6.54 Å². The summed E-state index contributed by atoms with van der Waals surface area (Å²) in [5.74, 6) is 1.78. The molecule has 7 heteroatoms. The summed E-state index contributed by atoms with van der Waals surface area (Å²) in [4.78, 5) is 6.91. The summed E-state index contributed by atoms with van der Waals surface area (Å²) in [5, 5.41) is 11.6. The van der Waals surface area contributed by atoms with Crippen molar-refractivity contribution < 1.29 is 4.42 Å². The van der Waals surface area contributed by atoms with Gasteiger partial charge in [0.15, 0.2) is 5.96 Å². The van der Waals surface area contributed by atoms with Crippen molar-refractivity contribution in [3.05, 3.63) is 71.4 Å². The van der Waals surface area contributed by atoms with Gasteiger partial charge in [-0.25, -0.2) is 4.68 Å². The number of rotatable bonds is 7. The van der Waals surface area contributed by atoms with Crippen LogP contribution in [0.3, 0.4) is 0 Å². The van der Waals surface area contributed by atoms with Crippen molar-refractivity contribution in [2.24, 2.45) is 4.99 Å². The van der Waals surface area contributed by atoms with Crippen molar-refractivity contribution in [3.8, 4) is 5.69 Å². The number of para-hydroxylation sites is 1. The fraction of sp³-hybridized carbons (Fsp3) is 0.417. The SMILES string of the molecule is CN=C(NCc1ccccc1-n1nc(C)cc1C)NCC(c1ccco1)N1CCCC1. The van der Waals surface area contributed by atoms with Gasteiger partial charge in [-0.2, -0.15) is 5.10 Å². The van der Waals surface area contributed by atoms with E-state index in [1.54, 1.807) is 13.3 Å². The van der Waals surface area contributed by atoms with E-state index in [0.29, 0.717) is 6.54 Å². The molecule has 7 nitrogen and oxygen atoms in total. The van der Waals surface area contributed by atoms with E-state index < -0.39 is 0 Å². The number of furan rings is 1. The van der Waals surface area contributed by atoms with Crippen molar-refractivity contribution in [3.63, 3.8) is 0 Å². The number of guanidine groups is 1. The third kappa shape index (κ3) is 4.99. The Balaban J connectivity index is 1.42. The average Bonchev–Trinajstić information content (AvgIpc) is 3.54. The number of hydrogen-bond acceptors (Lipinski definition) is 4. The maximum absolute atomic E-state index is 5.73. The topological polar surface area (TPSA) is 70.6 Å². The van der Waals surface area contributed by atoms with E-state index in [9.17, 15) is 0 Å². The van der Waals surface area contributed by atoms with Crippen molar-refractivity contribution >= 4 is 5.96 Å². The first-order chi connectivity index (χ1) is 15.2. The summed E-state index contributed by atoms with van der Waals surface area (Å²) in [6, 6.07) is 14.7. The number of nitrogens with zero attached hydrogens (tertiary/aromatic N) is 4. The largest absolute Gasteiger partial charge is 0.468 e. The van der Waals surface area contributed by atoms with E-state index in [2.05, 4.69) is 62.9 Å². The molecule has 3 aromatic rings. The second-order valence-electron chi connectivity index (χ2n) is 8.05. The molecule has 164 valence electrons. The van der Waals surface area contributed by atoms with Gasteiger partial charge in [0.05, 0.1) is 23.7 Å². The lowest BCUT2D eigenvalue weighted by atomic mass is 10.1. The zero-order chi connectivity index (χ0) is 21.6. The van der Waals surface area contributed by atoms with Gasteiger partial charge in [0.2, 0.25) is 0 Å². The maximum Gasteiger partial charge on any atom is 0.191 e. The number of hydrogen-bond donors (Lipinski definition) is 2. The molecule has 0 radical (unpaired) electrons. The van der Waals surface area contributed by atoms with Crippen LogP contribution in [0.15, 0.2) is 58.1 Å². The number of benzene rings is 1. The van der Waals surface area contributed by atoms with E-state index in [4.69, 9.17) is 4.42 Å². The molecule has 2 aromatic heterocycles. The van der Waals surface area contributed by atoms with Gasteiger partial charge in [-0.1, -0.05) is 18.2 Å². The van der Waals surface area contributed by atoms with Crippen LogP contribution in [0.2, 0.25) is 0 Å².